The van der Waals surface area contributed by atoms with Crippen LogP contribution in [0.1, 0.15) is 24.4 Å². The minimum absolute atomic E-state index is 0.0702. The summed E-state index contributed by atoms with van der Waals surface area (Å²) in [6.07, 6.45) is -4.79. The van der Waals surface area contributed by atoms with Crippen LogP contribution in [0.3, 0.4) is 0 Å². The summed E-state index contributed by atoms with van der Waals surface area (Å²) in [4.78, 5) is 0. The van der Waals surface area contributed by atoms with Crippen molar-refractivity contribution in [1.82, 2.24) is 5.32 Å². The zero-order valence-corrected chi connectivity index (χ0v) is 10.7. The highest BCUT2D eigenvalue weighted by molar-refractivity contribution is 7.17. The third-order valence-corrected chi connectivity index (χ3v) is 3.93. The van der Waals surface area contributed by atoms with Crippen molar-refractivity contribution in [3.8, 4) is 0 Å². The van der Waals surface area contributed by atoms with Crippen LogP contribution in [-0.4, -0.2) is 13.2 Å². The van der Waals surface area contributed by atoms with Gasteiger partial charge in [0.25, 0.3) is 0 Å². The highest BCUT2D eigenvalue weighted by Crippen LogP contribution is 2.34. The molecule has 1 heterocycles. The standard InChI is InChI=1S/C13H14F3NS/c1-17-11(6-7-13(14,15)16)10-8-18-12-5-3-2-4-9(10)12/h2-5,8,11,17H,6-7H2,1H3. The van der Waals surface area contributed by atoms with E-state index in [4.69, 9.17) is 0 Å². The lowest BCUT2D eigenvalue weighted by atomic mass is 10.0. The van der Waals surface area contributed by atoms with Crippen molar-refractivity contribution in [3.63, 3.8) is 0 Å². The van der Waals surface area contributed by atoms with Gasteiger partial charge in [-0.15, -0.1) is 11.3 Å². The molecule has 0 spiro atoms. The van der Waals surface area contributed by atoms with Crippen LogP contribution >= 0.6 is 11.3 Å². The smallest absolute Gasteiger partial charge is 0.313 e. The van der Waals surface area contributed by atoms with E-state index in [1.807, 2.05) is 29.6 Å². The monoisotopic (exact) mass is 273 g/mol. The quantitative estimate of drug-likeness (QED) is 0.864. The molecular formula is C13H14F3NS. The predicted molar refractivity (Wildman–Crippen MR) is 68.9 cm³/mol. The lowest BCUT2D eigenvalue weighted by Crippen LogP contribution is -2.19. The van der Waals surface area contributed by atoms with Gasteiger partial charge in [0.15, 0.2) is 0 Å². The van der Waals surface area contributed by atoms with E-state index in [1.54, 1.807) is 18.4 Å². The summed E-state index contributed by atoms with van der Waals surface area (Å²) in [5.74, 6) is 0. The lowest BCUT2D eigenvalue weighted by molar-refractivity contribution is -0.136. The van der Waals surface area contributed by atoms with Gasteiger partial charge in [-0.2, -0.15) is 13.2 Å². The second-order valence-electron chi connectivity index (χ2n) is 4.18. The number of hydrogen-bond donors (Lipinski definition) is 1. The van der Waals surface area contributed by atoms with Crippen molar-refractivity contribution in [3.05, 3.63) is 35.2 Å². The van der Waals surface area contributed by atoms with Gasteiger partial charge >= 0.3 is 6.18 Å². The molecule has 0 amide bonds. The Bertz CT molecular complexity index is 518. The molecule has 1 N–H and O–H groups in total. The zero-order valence-electron chi connectivity index (χ0n) is 9.92. The number of nitrogens with one attached hydrogen (secondary N) is 1. The van der Waals surface area contributed by atoms with Gasteiger partial charge in [0, 0.05) is 17.2 Å². The first-order chi connectivity index (χ1) is 8.51. The van der Waals surface area contributed by atoms with Crippen LogP contribution in [0.2, 0.25) is 0 Å². The molecule has 18 heavy (non-hydrogen) atoms. The second-order valence-corrected chi connectivity index (χ2v) is 5.09. The van der Waals surface area contributed by atoms with Gasteiger partial charge in [-0.05, 0) is 35.9 Å². The van der Waals surface area contributed by atoms with Crippen LogP contribution < -0.4 is 5.32 Å². The molecule has 0 aliphatic heterocycles. The summed E-state index contributed by atoms with van der Waals surface area (Å²) in [6, 6.07) is 7.55. The first-order valence-electron chi connectivity index (χ1n) is 5.71. The van der Waals surface area contributed by atoms with Gasteiger partial charge in [0.1, 0.15) is 0 Å². The normalized spacial score (nSPS) is 14.0. The largest absolute Gasteiger partial charge is 0.389 e. The Morgan fingerprint density at radius 3 is 2.67 bits per heavy atom. The Labute approximate surface area is 108 Å². The van der Waals surface area contributed by atoms with Crippen molar-refractivity contribution < 1.29 is 13.2 Å². The summed E-state index contributed by atoms with van der Waals surface area (Å²) in [5.41, 5.74) is 0.961. The number of rotatable bonds is 4. The zero-order chi connectivity index (χ0) is 13.2. The SMILES string of the molecule is CNC(CCC(F)(F)F)c1csc2ccccc12. The van der Waals surface area contributed by atoms with Crippen LogP contribution in [0.5, 0.6) is 0 Å². The molecule has 0 aliphatic rings. The summed E-state index contributed by atoms with van der Waals surface area (Å²) in [6.45, 7) is 0. The van der Waals surface area contributed by atoms with Gasteiger partial charge in [0.05, 0.1) is 0 Å². The van der Waals surface area contributed by atoms with E-state index in [-0.39, 0.29) is 12.5 Å². The van der Waals surface area contributed by atoms with E-state index in [2.05, 4.69) is 5.32 Å². The maximum absolute atomic E-state index is 12.3. The molecule has 0 bridgehead atoms. The molecule has 0 saturated heterocycles. The first kappa shape index (κ1) is 13.4. The summed E-state index contributed by atoms with van der Waals surface area (Å²) in [5, 5.41) is 5.97. The average molecular weight is 273 g/mol. The van der Waals surface area contributed by atoms with E-state index in [1.165, 1.54) is 0 Å². The molecule has 2 rings (SSSR count). The Hall–Kier alpha value is -1.07. The molecule has 1 atom stereocenters. The van der Waals surface area contributed by atoms with E-state index in [0.29, 0.717) is 0 Å². The van der Waals surface area contributed by atoms with E-state index < -0.39 is 12.6 Å². The number of alkyl halides is 3. The minimum atomic E-state index is -4.10. The molecule has 0 saturated carbocycles. The summed E-state index contributed by atoms with van der Waals surface area (Å²) < 4.78 is 38.0. The average Bonchev–Trinajstić information content (AvgIpc) is 2.73. The van der Waals surface area contributed by atoms with Crippen LogP contribution in [0, 0.1) is 0 Å². The maximum atomic E-state index is 12.3. The highest BCUT2D eigenvalue weighted by atomic mass is 32.1. The fraction of sp³-hybridized carbons (Fsp3) is 0.385. The fourth-order valence-corrected chi connectivity index (χ4v) is 3.05. The van der Waals surface area contributed by atoms with Gasteiger partial charge < -0.3 is 5.32 Å². The van der Waals surface area contributed by atoms with Crippen LogP contribution in [0.25, 0.3) is 10.1 Å². The van der Waals surface area contributed by atoms with Crippen molar-refractivity contribution in [2.75, 3.05) is 7.05 Å². The second kappa shape index (κ2) is 5.28. The first-order valence-corrected chi connectivity index (χ1v) is 6.59. The number of hydrogen-bond acceptors (Lipinski definition) is 2. The van der Waals surface area contributed by atoms with Gasteiger partial charge in [-0.3, -0.25) is 0 Å². The molecule has 5 heteroatoms. The van der Waals surface area contributed by atoms with Crippen LogP contribution in [-0.2, 0) is 0 Å². The Morgan fingerprint density at radius 1 is 1.28 bits per heavy atom. The maximum Gasteiger partial charge on any atom is 0.389 e. The summed E-state index contributed by atoms with van der Waals surface area (Å²) >= 11 is 1.57. The fourth-order valence-electron chi connectivity index (χ4n) is 2.03. The van der Waals surface area contributed by atoms with Crippen LogP contribution in [0.4, 0.5) is 13.2 Å². The molecule has 2 aromatic rings. The molecule has 1 unspecified atom stereocenters. The lowest BCUT2D eigenvalue weighted by Gasteiger charge is -2.16. The van der Waals surface area contributed by atoms with E-state index in [9.17, 15) is 13.2 Å². The Balaban J connectivity index is 2.22. The molecule has 1 aromatic heterocycles. The predicted octanol–water partition coefficient (Wildman–Crippen LogP) is 4.50. The van der Waals surface area contributed by atoms with E-state index >= 15 is 0 Å². The van der Waals surface area contributed by atoms with Crippen molar-refractivity contribution in [2.45, 2.75) is 25.1 Å². The summed E-state index contributed by atoms with van der Waals surface area (Å²) in [7, 11) is 1.70. The Kier molecular flexibility index (Phi) is 3.92. The minimum Gasteiger partial charge on any atom is -0.313 e. The molecule has 0 radical (unpaired) electrons. The number of benzene rings is 1. The number of halogens is 3. The van der Waals surface area contributed by atoms with Gasteiger partial charge in [0.2, 0.25) is 0 Å². The molecule has 0 fully saturated rings. The van der Waals surface area contributed by atoms with Crippen molar-refractivity contribution >= 4 is 21.4 Å². The Morgan fingerprint density at radius 2 is 2.00 bits per heavy atom. The molecule has 1 aromatic carbocycles. The third kappa shape index (κ3) is 3.03. The van der Waals surface area contributed by atoms with Gasteiger partial charge in [-0.1, -0.05) is 18.2 Å². The van der Waals surface area contributed by atoms with Crippen molar-refractivity contribution in [1.29, 1.82) is 0 Å². The van der Waals surface area contributed by atoms with E-state index in [0.717, 1.165) is 15.6 Å². The van der Waals surface area contributed by atoms with Crippen LogP contribution in [0.15, 0.2) is 29.6 Å². The molecule has 98 valence electrons. The molecular weight excluding hydrogens is 259 g/mol. The van der Waals surface area contributed by atoms with Crippen molar-refractivity contribution in [2.24, 2.45) is 0 Å². The third-order valence-electron chi connectivity index (χ3n) is 2.95. The number of thiophene rings is 1. The van der Waals surface area contributed by atoms with Gasteiger partial charge in [-0.25, -0.2) is 0 Å². The number of fused-ring (bicyclic) bond motifs is 1. The molecule has 0 aliphatic carbocycles. The molecule has 1 nitrogen and oxygen atoms in total. The highest BCUT2D eigenvalue weighted by Gasteiger charge is 2.28. The topological polar surface area (TPSA) is 12.0 Å².